The van der Waals surface area contributed by atoms with Gasteiger partial charge in [0.1, 0.15) is 11.5 Å². The lowest BCUT2D eigenvalue weighted by Crippen LogP contribution is -2.23. The van der Waals surface area contributed by atoms with Crippen LogP contribution in [0.4, 0.5) is 0 Å². The van der Waals surface area contributed by atoms with Gasteiger partial charge in [-0.1, -0.05) is 47.4 Å². The van der Waals surface area contributed by atoms with Crippen molar-refractivity contribution in [3.05, 3.63) is 56.9 Å². The highest BCUT2D eigenvalue weighted by molar-refractivity contribution is 9.10. The summed E-state index contributed by atoms with van der Waals surface area (Å²) in [6.45, 7) is 5.18. The maximum absolute atomic E-state index is 6.02. The van der Waals surface area contributed by atoms with Gasteiger partial charge < -0.3 is 9.73 Å². The summed E-state index contributed by atoms with van der Waals surface area (Å²) in [4.78, 5) is 0. The third-order valence-corrected chi connectivity index (χ3v) is 4.11. The summed E-state index contributed by atoms with van der Waals surface area (Å²) in [7, 11) is 0. The van der Waals surface area contributed by atoms with Gasteiger partial charge in [-0.25, -0.2) is 0 Å². The van der Waals surface area contributed by atoms with E-state index in [1.165, 1.54) is 0 Å². The van der Waals surface area contributed by atoms with E-state index < -0.39 is 0 Å². The van der Waals surface area contributed by atoms with E-state index in [9.17, 15) is 0 Å². The molecule has 0 saturated carbocycles. The minimum Gasteiger partial charge on any atom is -0.464 e. The van der Waals surface area contributed by atoms with Crippen LogP contribution in [-0.2, 0) is 6.42 Å². The lowest BCUT2D eigenvalue weighted by molar-refractivity contribution is 0.421. The first-order valence-electron chi connectivity index (χ1n) is 6.92. The van der Waals surface area contributed by atoms with Crippen molar-refractivity contribution < 1.29 is 4.42 Å². The zero-order valence-electron chi connectivity index (χ0n) is 11.7. The second-order valence-electron chi connectivity index (χ2n) is 4.71. The highest BCUT2D eigenvalue weighted by Crippen LogP contribution is 2.31. The van der Waals surface area contributed by atoms with Crippen LogP contribution in [0, 0.1) is 0 Å². The molecule has 1 atom stereocenters. The third-order valence-electron chi connectivity index (χ3n) is 3.19. The fraction of sp³-hybridized carbons (Fsp3) is 0.375. The van der Waals surface area contributed by atoms with Crippen molar-refractivity contribution >= 4 is 27.5 Å². The molecule has 0 saturated heterocycles. The van der Waals surface area contributed by atoms with Gasteiger partial charge in [-0.2, -0.15) is 0 Å². The third kappa shape index (κ3) is 3.66. The molecule has 20 heavy (non-hydrogen) atoms. The van der Waals surface area contributed by atoms with E-state index in [0.717, 1.165) is 46.0 Å². The number of halogens is 2. The van der Waals surface area contributed by atoms with Gasteiger partial charge >= 0.3 is 0 Å². The van der Waals surface area contributed by atoms with Crippen LogP contribution >= 0.6 is 27.5 Å². The SMILES string of the molecule is CCCNC(c1ccc(CC)o1)c1ccc(Cl)cc1Br. The van der Waals surface area contributed by atoms with Gasteiger partial charge in [0.2, 0.25) is 0 Å². The zero-order chi connectivity index (χ0) is 14.5. The molecule has 0 aliphatic heterocycles. The molecular formula is C16H19BrClNO. The quantitative estimate of drug-likeness (QED) is 0.755. The monoisotopic (exact) mass is 355 g/mol. The predicted molar refractivity (Wildman–Crippen MR) is 87.4 cm³/mol. The van der Waals surface area contributed by atoms with Crippen LogP contribution in [0.15, 0.2) is 39.2 Å². The normalized spacial score (nSPS) is 12.6. The van der Waals surface area contributed by atoms with E-state index in [-0.39, 0.29) is 6.04 Å². The number of benzene rings is 1. The van der Waals surface area contributed by atoms with Crippen LogP contribution in [-0.4, -0.2) is 6.54 Å². The second-order valence-corrected chi connectivity index (χ2v) is 6.00. The van der Waals surface area contributed by atoms with E-state index in [1.807, 2.05) is 30.3 Å². The van der Waals surface area contributed by atoms with Crippen LogP contribution in [0.5, 0.6) is 0 Å². The Hall–Kier alpha value is -0.770. The first kappa shape index (κ1) is 15.6. The van der Waals surface area contributed by atoms with Crippen molar-refractivity contribution in [3.8, 4) is 0 Å². The van der Waals surface area contributed by atoms with Crippen molar-refractivity contribution in [3.63, 3.8) is 0 Å². The molecule has 2 aromatic rings. The molecule has 2 rings (SSSR count). The maximum atomic E-state index is 6.02. The van der Waals surface area contributed by atoms with Gasteiger partial charge in [0.05, 0.1) is 6.04 Å². The maximum Gasteiger partial charge on any atom is 0.125 e. The number of aryl methyl sites for hydroxylation is 1. The summed E-state index contributed by atoms with van der Waals surface area (Å²) in [5.74, 6) is 1.95. The fourth-order valence-corrected chi connectivity index (χ4v) is 3.04. The molecule has 0 amide bonds. The lowest BCUT2D eigenvalue weighted by Gasteiger charge is -2.18. The van der Waals surface area contributed by atoms with Gasteiger partial charge in [0.25, 0.3) is 0 Å². The number of nitrogens with one attached hydrogen (secondary N) is 1. The molecule has 1 heterocycles. The fourth-order valence-electron chi connectivity index (χ4n) is 2.13. The minimum atomic E-state index is 0.0434. The van der Waals surface area contributed by atoms with Crippen molar-refractivity contribution in [2.24, 2.45) is 0 Å². The summed E-state index contributed by atoms with van der Waals surface area (Å²) in [5.41, 5.74) is 1.14. The van der Waals surface area contributed by atoms with Gasteiger partial charge in [-0.05, 0) is 42.8 Å². The first-order valence-corrected chi connectivity index (χ1v) is 8.09. The Labute approximate surface area is 133 Å². The van der Waals surface area contributed by atoms with Gasteiger partial charge in [0.15, 0.2) is 0 Å². The number of hydrogen-bond donors (Lipinski definition) is 1. The van der Waals surface area contributed by atoms with E-state index >= 15 is 0 Å². The molecule has 4 heteroatoms. The van der Waals surface area contributed by atoms with Gasteiger partial charge in [-0.3, -0.25) is 0 Å². The molecule has 0 fully saturated rings. The summed E-state index contributed by atoms with van der Waals surface area (Å²) >= 11 is 9.62. The Morgan fingerprint density at radius 3 is 2.65 bits per heavy atom. The van der Waals surface area contributed by atoms with Crippen LogP contribution in [0.1, 0.15) is 43.4 Å². The van der Waals surface area contributed by atoms with E-state index in [1.54, 1.807) is 0 Å². The van der Waals surface area contributed by atoms with E-state index in [0.29, 0.717) is 0 Å². The van der Waals surface area contributed by atoms with E-state index in [4.69, 9.17) is 16.0 Å². The average molecular weight is 357 g/mol. The van der Waals surface area contributed by atoms with Crippen LogP contribution < -0.4 is 5.32 Å². The Morgan fingerprint density at radius 1 is 1.25 bits per heavy atom. The van der Waals surface area contributed by atoms with Crippen LogP contribution in [0.25, 0.3) is 0 Å². The summed E-state index contributed by atoms with van der Waals surface area (Å²) in [6, 6.07) is 10.00. The Balaban J connectivity index is 2.35. The number of furan rings is 1. The van der Waals surface area contributed by atoms with Crippen LogP contribution in [0.3, 0.4) is 0 Å². The Morgan fingerprint density at radius 2 is 2.05 bits per heavy atom. The summed E-state index contributed by atoms with van der Waals surface area (Å²) in [5, 5.41) is 4.26. The molecule has 108 valence electrons. The minimum absolute atomic E-state index is 0.0434. The van der Waals surface area contributed by atoms with Crippen molar-refractivity contribution in [2.75, 3.05) is 6.54 Å². The number of hydrogen-bond acceptors (Lipinski definition) is 2. The van der Waals surface area contributed by atoms with Crippen LogP contribution in [0.2, 0.25) is 5.02 Å². The second kappa shape index (κ2) is 7.30. The Bertz CT molecular complexity index is 567. The molecule has 0 spiro atoms. The molecule has 1 aromatic heterocycles. The molecule has 2 nitrogen and oxygen atoms in total. The highest BCUT2D eigenvalue weighted by Gasteiger charge is 2.19. The topological polar surface area (TPSA) is 25.2 Å². The molecule has 0 radical (unpaired) electrons. The molecule has 1 N–H and O–H groups in total. The average Bonchev–Trinajstić information content (AvgIpc) is 2.90. The largest absolute Gasteiger partial charge is 0.464 e. The van der Waals surface area contributed by atoms with E-state index in [2.05, 4.69) is 35.1 Å². The predicted octanol–water partition coefficient (Wildman–Crippen LogP) is 5.35. The zero-order valence-corrected chi connectivity index (χ0v) is 14.1. The molecule has 0 bridgehead atoms. The lowest BCUT2D eigenvalue weighted by atomic mass is 10.0. The van der Waals surface area contributed by atoms with Gasteiger partial charge in [-0.15, -0.1) is 0 Å². The number of rotatable bonds is 6. The molecular weight excluding hydrogens is 338 g/mol. The standard InChI is InChI=1S/C16H19BrClNO/c1-3-9-19-16(15-8-6-12(4-2)20-15)13-7-5-11(18)10-14(13)17/h5-8,10,16,19H,3-4,9H2,1-2H3. The highest BCUT2D eigenvalue weighted by atomic mass is 79.9. The smallest absolute Gasteiger partial charge is 0.125 e. The van der Waals surface area contributed by atoms with Gasteiger partial charge in [0, 0.05) is 15.9 Å². The first-order chi connectivity index (χ1) is 9.65. The van der Waals surface area contributed by atoms with Crippen molar-refractivity contribution in [1.82, 2.24) is 5.32 Å². The van der Waals surface area contributed by atoms with Crippen molar-refractivity contribution in [2.45, 2.75) is 32.7 Å². The molecule has 1 unspecified atom stereocenters. The Kier molecular flexibility index (Phi) is 5.70. The van der Waals surface area contributed by atoms with Crippen molar-refractivity contribution in [1.29, 1.82) is 0 Å². The molecule has 0 aliphatic rings. The molecule has 1 aromatic carbocycles. The summed E-state index contributed by atoms with van der Waals surface area (Å²) in [6.07, 6.45) is 1.98. The summed E-state index contributed by atoms with van der Waals surface area (Å²) < 4.78 is 6.91. The molecule has 0 aliphatic carbocycles.